The van der Waals surface area contributed by atoms with Gasteiger partial charge in [0.15, 0.2) is 0 Å². The number of nitrogens with one attached hydrogen (secondary N) is 2. The van der Waals surface area contributed by atoms with Gasteiger partial charge in [0.05, 0.1) is 24.9 Å². The molecule has 8 heteroatoms. The largest absolute Gasteiger partial charge is 0.378 e. The molecule has 0 spiro atoms. The van der Waals surface area contributed by atoms with Crippen LogP contribution >= 0.6 is 0 Å². The fraction of sp³-hybridized carbons (Fsp3) is 0.207. The van der Waals surface area contributed by atoms with E-state index in [9.17, 15) is 4.79 Å². The van der Waals surface area contributed by atoms with E-state index in [1.54, 1.807) is 6.20 Å². The zero-order chi connectivity index (χ0) is 25.5. The highest BCUT2D eigenvalue weighted by atomic mass is 16.5. The molecule has 1 atom stereocenters. The van der Waals surface area contributed by atoms with E-state index in [4.69, 9.17) is 10.5 Å². The lowest BCUT2D eigenvalue weighted by atomic mass is 10.1. The van der Waals surface area contributed by atoms with E-state index in [2.05, 4.69) is 37.6 Å². The minimum absolute atomic E-state index is 0.218. The quantitative estimate of drug-likeness (QED) is 0.337. The van der Waals surface area contributed by atoms with Crippen LogP contribution in [0.5, 0.6) is 0 Å². The summed E-state index contributed by atoms with van der Waals surface area (Å²) in [5.41, 5.74) is 11.6. The number of nitrogens with two attached hydrogens (primary N) is 1. The van der Waals surface area contributed by atoms with Crippen molar-refractivity contribution in [3.8, 4) is 11.3 Å². The van der Waals surface area contributed by atoms with Crippen molar-refractivity contribution in [2.24, 2.45) is 5.73 Å². The van der Waals surface area contributed by atoms with E-state index < -0.39 is 6.04 Å². The van der Waals surface area contributed by atoms with E-state index in [0.717, 1.165) is 48.8 Å². The van der Waals surface area contributed by atoms with Crippen LogP contribution in [0.1, 0.15) is 5.56 Å². The number of ether oxygens (including phenoxy) is 1. The summed E-state index contributed by atoms with van der Waals surface area (Å²) in [7, 11) is 0. The molecule has 3 aromatic carbocycles. The normalized spacial score (nSPS) is 14.1. The smallest absolute Gasteiger partial charge is 0.241 e. The molecule has 1 saturated heterocycles. The molecule has 37 heavy (non-hydrogen) atoms. The molecule has 2 heterocycles. The summed E-state index contributed by atoms with van der Waals surface area (Å²) in [4.78, 5) is 23.9. The Morgan fingerprint density at radius 3 is 2.35 bits per heavy atom. The SMILES string of the molecule is NC(Cc1ccccc1)C(=O)Nc1ccc(-c2ccnc(Nc3ccc(N4CCOCC4)cc3)n2)cc1. The van der Waals surface area contributed by atoms with Crippen LogP contribution in [-0.2, 0) is 16.0 Å². The Labute approximate surface area is 216 Å². The van der Waals surface area contributed by atoms with Crippen LogP contribution in [0.2, 0.25) is 0 Å². The van der Waals surface area contributed by atoms with Gasteiger partial charge < -0.3 is 26.0 Å². The van der Waals surface area contributed by atoms with Gasteiger partial charge in [-0.05, 0) is 54.4 Å². The van der Waals surface area contributed by atoms with Crippen molar-refractivity contribution in [3.63, 3.8) is 0 Å². The molecule has 1 fully saturated rings. The van der Waals surface area contributed by atoms with Crippen LogP contribution in [0.3, 0.4) is 0 Å². The number of hydrogen-bond donors (Lipinski definition) is 3. The number of morpholine rings is 1. The van der Waals surface area contributed by atoms with Crippen LogP contribution in [-0.4, -0.2) is 48.2 Å². The van der Waals surface area contributed by atoms with E-state index in [1.807, 2.05) is 72.8 Å². The summed E-state index contributed by atoms with van der Waals surface area (Å²) < 4.78 is 5.43. The molecule has 5 rings (SSSR count). The molecule has 1 aliphatic heterocycles. The number of aromatic nitrogens is 2. The molecule has 0 saturated carbocycles. The Morgan fingerprint density at radius 1 is 0.919 bits per heavy atom. The number of benzene rings is 3. The molecular formula is C29H30N6O2. The monoisotopic (exact) mass is 494 g/mol. The van der Waals surface area contributed by atoms with Crippen LogP contribution < -0.4 is 21.3 Å². The van der Waals surface area contributed by atoms with E-state index in [0.29, 0.717) is 18.1 Å². The molecule has 1 unspecified atom stereocenters. The van der Waals surface area contributed by atoms with Crippen molar-refractivity contribution in [1.82, 2.24) is 9.97 Å². The summed E-state index contributed by atoms with van der Waals surface area (Å²) in [6.07, 6.45) is 2.21. The molecule has 4 N–H and O–H groups in total. The zero-order valence-corrected chi connectivity index (χ0v) is 20.5. The molecule has 4 aromatic rings. The second-order valence-corrected chi connectivity index (χ2v) is 8.90. The van der Waals surface area contributed by atoms with Crippen LogP contribution in [0.4, 0.5) is 23.0 Å². The average molecular weight is 495 g/mol. The average Bonchev–Trinajstić information content (AvgIpc) is 2.95. The first-order valence-corrected chi connectivity index (χ1v) is 12.4. The van der Waals surface area contributed by atoms with Gasteiger partial charge >= 0.3 is 0 Å². The molecule has 1 amide bonds. The molecule has 0 radical (unpaired) electrons. The number of nitrogens with zero attached hydrogens (tertiary/aromatic N) is 3. The summed E-state index contributed by atoms with van der Waals surface area (Å²) in [5.74, 6) is 0.297. The lowest BCUT2D eigenvalue weighted by Gasteiger charge is -2.28. The maximum Gasteiger partial charge on any atom is 0.241 e. The second kappa shape index (κ2) is 11.6. The number of hydrogen-bond acceptors (Lipinski definition) is 7. The number of anilines is 4. The zero-order valence-electron chi connectivity index (χ0n) is 20.5. The number of carbonyl (C=O) groups is 1. The minimum atomic E-state index is -0.625. The molecule has 1 aromatic heterocycles. The maximum atomic E-state index is 12.5. The number of amides is 1. The Morgan fingerprint density at radius 2 is 1.62 bits per heavy atom. The van der Waals surface area contributed by atoms with Gasteiger partial charge in [-0.25, -0.2) is 9.97 Å². The van der Waals surface area contributed by atoms with Crippen LogP contribution in [0, 0.1) is 0 Å². The van der Waals surface area contributed by atoms with Gasteiger partial charge in [0.1, 0.15) is 0 Å². The molecule has 0 aliphatic carbocycles. The third kappa shape index (κ3) is 6.49. The van der Waals surface area contributed by atoms with Gasteiger partial charge in [-0.2, -0.15) is 0 Å². The van der Waals surface area contributed by atoms with Crippen molar-refractivity contribution in [3.05, 3.63) is 96.7 Å². The van der Waals surface area contributed by atoms with E-state index in [1.165, 1.54) is 5.69 Å². The van der Waals surface area contributed by atoms with Gasteiger partial charge in [0.25, 0.3) is 0 Å². The number of rotatable bonds is 8. The summed E-state index contributed by atoms with van der Waals surface area (Å²) in [6, 6.07) is 26.8. The first-order valence-electron chi connectivity index (χ1n) is 12.4. The predicted octanol–water partition coefficient (Wildman–Crippen LogP) is 4.23. The third-order valence-corrected chi connectivity index (χ3v) is 6.24. The van der Waals surface area contributed by atoms with Gasteiger partial charge in [0, 0.05) is 41.9 Å². The molecule has 1 aliphatic rings. The van der Waals surface area contributed by atoms with Crippen molar-refractivity contribution in [1.29, 1.82) is 0 Å². The predicted molar refractivity (Wildman–Crippen MR) is 147 cm³/mol. The fourth-order valence-corrected chi connectivity index (χ4v) is 4.21. The molecular weight excluding hydrogens is 464 g/mol. The van der Waals surface area contributed by atoms with Gasteiger partial charge in [-0.3, -0.25) is 4.79 Å². The van der Waals surface area contributed by atoms with Crippen molar-refractivity contribution in [2.45, 2.75) is 12.5 Å². The van der Waals surface area contributed by atoms with Crippen LogP contribution in [0.25, 0.3) is 11.3 Å². The lowest BCUT2D eigenvalue weighted by Crippen LogP contribution is -2.37. The molecule has 0 bridgehead atoms. The third-order valence-electron chi connectivity index (χ3n) is 6.24. The Balaban J connectivity index is 1.19. The highest BCUT2D eigenvalue weighted by molar-refractivity contribution is 5.95. The summed E-state index contributed by atoms with van der Waals surface area (Å²) in [6.45, 7) is 3.33. The van der Waals surface area contributed by atoms with Crippen molar-refractivity contribution >= 4 is 28.9 Å². The highest BCUT2D eigenvalue weighted by Crippen LogP contribution is 2.23. The topological polar surface area (TPSA) is 105 Å². The maximum absolute atomic E-state index is 12.5. The Bertz CT molecular complexity index is 1310. The standard InChI is InChI=1S/C29H30N6O2/c30-26(20-21-4-2-1-3-5-21)28(36)32-23-8-6-22(7-9-23)27-14-15-31-29(34-27)33-24-10-12-25(13-11-24)35-16-18-37-19-17-35/h1-15,26H,16-20,30H2,(H,32,36)(H,31,33,34). The lowest BCUT2D eigenvalue weighted by molar-refractivity contribution is -0.117. The first kappa shape index (κ1) is 24.4. The van der Waals surface area contributed by atoms with Gasteiger partial charge in [0.2, 0.25) is 11.9 Å². The number of carbonyl (C=O) groups excluding carboxylic acids is 1. The Kier molecular flexibility index (Phi) is 7.69. The molecule has 188 valence electrons. The Hall–Kier alpha value is -4.27. The highest BCUT2D eigenvalue weighted by Gasteiger charge is 2.15. The van der Waals surface area contributed by atoms with E-state index >= 15 is 0 Å². The van der Waals surface area contributed by atoms with Gasteiger partial charge in [-0.1, -0.05) is 42.5 Å². The van der Waals surface area contributed by atoms with Gasteiger partial charge in [-0.15, -0.1) is 0 Å². The summed E-state index contributed by atoms with van der Waals surface area (Å²) >= 11 is 0. The van der Waals surface area contributed by atoms with Crippen LogP contribution in [0.15, 0.2) is 91.1 Å². The van der Waals surface area contributed by atoms with E-state index in [-0.39, 0.29) is 5.91 Å². The minimum Gasteiger partial charge on any atom is -0.378 e. The second-order valence-electron chi connectivity index (χ2n) is 8.90. The van der Waals surface area contributed by atoms with Crippen molar-refractivity contribution in [2.75, 3.05) is 41.8 Å². The summed E-state index contributed by atoms with van der Waals surface area (Å²) in [5, 5.41) is 6.17. The fourth-order valence-electron chi connectivity index (χ4n) is 4.21. The van der Waals surface area contributed by atoms with Crippen molar-refractivity contribution < 1.29 is 9.53 Å². The molecule has 8 nitrogen and oxygen atoms in total. The first-order chi connectivity index (χ1) is 18.1.